The van der Waals surface area contributed by atoms with Crippen molar-refractivity contribution in [1.82, 2.24) is 9.21 Å². The third kappa shape index (κ3) is 3.13. The summed E-state index contributed by atoms with van der Waals surface area (Å²) < 4.78 is 27.1. The molecule has 0 bridgehead atoms. The van der Waals surface area contributed by atoms with Crippen molar-refractivity contribution in [2.45, 2.75) is 31.3 Å². The molecule has 6 heteroatoms. The van der Waals surface area contributed by atoms with Gasteiger partial charge in [0.15, 0.2) is 0 Å². The van der Waals surface area contributed by atoms with Gasteiger partial charge < -0.3 is 10.6 Å². The van der Waals surface area contributed by atoms with Gasteiger partial charge in [-0.05, 0) is 50.2 Å². The van der Waals surface area contributed by atoms with E-state index in [1.807, 2.05) is 27.1 Å². The fraction of sp³-hybridized carbons (Fsp3) is 0.600. The molecule has 2 rings (SSSR count). The molecule has 1 aromatic rings. The van der Waals surface area contributed by atoms with Crippen molar-refractivity contribution in [1.29, 1.82) is 0 Å². The summed E-state index contributed by atoms with van der Waals surface area (Å²) in [5, 5.41) is 0. The Labute approximate surface area is 127 Å². The van der Waals surface area contributed by atoms with E-state index >= 15 is 0 Å². The highest BCUT2D eigenvalue weighted by molar-refractivity contribution is 7.89. The lowest BCUT2D eigenvalue weighted by Crippen LogP contribution is -2.35. The number of likely N-dealkylation sites (N-methyl/N-ethyl adjacent to an activating group) is 1. The molecule has 0 radical (unpaired) electrons. The molecule has 0 saturated carbocycles. The summed E-state index contributed by atoms with van der Waals surface area (Å²) in [5.41, 5.74) is 7.54. The lowest BCUT2D eigenvalue weighted by molar-refractivity contribution is 0.263. The molecule has 0 aliphatic carbocycles. The Hall–Kier alpha value is -0.950. The summed E-state index contributed by atoms with van der Waals surface area (Å²) in [6, 6.07) is 5.47. The number of benzene rings is 1. The van der Waals surface area contributed by atoms with E-state index in [9.17, 15) is 8.42 Å². The molecule has 1 heterocycles. The number of hydrogen-bond acceptors (Lipinski definition) is 4. The molecular formula is C15H25N3O2S. The Morgan fingerprint density at radius 3 is 2.48 bits per heavy atom. The van der Waals surface area contributed by atoms with E-state index in [-0.39, 0.29) is 6.04 Å². The summed E-state index contributed by atoms with van der Waals surface area (Å²) in [6.07, 6.45) is 0. The highest BCUT2D eigenvalue weighted by atomic mass is 32.2. The van der Waals surface area contributed by atoms with Crippen LogP contribution in [0.5, 0.6) is 0 Å². The largest absolute Gasteiger partial charge is 0.326 e. The van der Waals surface area contributed by atoms with Crippen LogP contribution in [0.3, 0.4) is 0 Å². The molecule has 2 N–H and O–H groups in total. The SMILES string of the molecule is Cc1cc(S(=O)(=O)N2CC(C)C(N(C)C)C2)ccc1CN. The van der Waals surface area contributed by atoms with Gasteiger partial charge in [0.1, 0.15) is 0 Å². The molecule has 1 fully saturated rings. The first-order chi connectivity index (χ1) is 9.77. The molecule has 21 heavy (non-hydrogen) atoms. The number of nitrogens with zero attached hydrogens (tertiary/aromatic N) is 2. The number of aryl methyl sites for hydroxylation is 1. The second kappa shape index (κ2) is 6.04. The first-order valence-electron chi connectivity index (χ1n) is 7.23. The van der Waals surface area contributed by atoms with Gasteiger partial charge in [-0.15, -0.1) is 0 Å². The Kier molecular flexibility index (Phi) is 4.72. The zero-order valence-corrected chi connectivity index (χ0v) is 14.0. The van der Waals surface area contributed by atoms with E-state index in [1.165, 1.54) is 0 Å². The van der Waals surface area contributed by atoms with Crippen molar-refractivity contribution in [3.05, 3.63) is 29.3 Å². The van der Waals surface area contributed by atoms with Gasteiger partial charge in [0, 0.05) is 25.7 Å². The molecular weight excluding hydrogens is 286 g/mol. The van der Waals surface area contributed by atoms with Gasteiger partial charge in [-0.3, -0.25) is 0 Å². The topological polar surface area (TPSA) is 66.6 Å². The lowest BCUT2D eigenvalue weighted by Gasteiger charge is -2.22. The van der Waals surface area contributed by atoms with Gasteiger partial charge >= 0.3 is 0 Å². The predicted molar refractivity (Wildman–Crippen MR) is 84.5 cm³/mol. The Bertz CT molecular complexity index is 613. The third-order valence-electron chi connectivity index (χ3n) is 4.37. The quantitative estimate of drug-likeness (QED) is 0.902. The zero-order chi connectivity index (χ0) is 15.8. The molecule has 5 nitrogen and oxygen atoms in total. The van der Waals surface area contributed by atoms with Crippen LogP contribution < -0.4 is 5.73 Å². The first kappa shape index (κ1) is 16.4. The number of nitrogens with two attached hydrogens (primary N) is 1. The van der Waals surface area contributed by atoms with Crippen LogP contribution in [0.4, 0.5) is 0 Å². The van der Waals surface area contributed by atoms with Gasteiger partial charge in [0.25, 0.3) is 0 Å². The minimum absolute atomic E-state index is 0.268. The summed E-state index contributed by atoms with van der Waals surface area (Å²) >= 11 is 0. The van der Waals surface area contributed by atoms with Crippen molar-refractivity contribution in [2.24, 2.45) is 11.7 Å². The van der Waals surface area contributed by atoms with E-state index in [4.69, 9.17) is 5.73 Å². The van der Waals surface area contributed by atoms with Crippen LogP contribution in [0.2, 0.25) is 0 Å². The van der Waals surface area contributed by atoms with Gasteiger partial charge in [-0.2, -0.15) is 4.31 Å². The Balaban J connectivity index is 2.29. The lowest BCUT2D eigenvalue weighted by atomic mass is 10.1. The molecule has 1 aliphatic heterocycles. The fourth-order valence-corrected chi connectivity index (χ4v) is 4.63. The maximum atomic E-state index is 12.8. The number of rotatable bonds is 4. The van der Waals surface area contributed by atoms with E-state index < -0.39 is 10.0 Å². The average Bonchev–Trinajstić information content (AvgIpc) is 2.81. The Morgan fingerprint density at radius 2 is 2.00 bits per heavy atom. The molecule has 1 aliphatic rings. The van der Waals surface area contributed by atoms with Crippen molar-refractivity contribution in [2.75, 3.05) is 27.2 Å². The maximum absolute atomic E-state index is 12.8. The van der Waals surface area contributed by atoms with E-state index in [0.29, 0.717) is 30.4 Å². The average molecular weight is 311 g/mol. The summed E-state index contributed by atoms with van der Waals surface area (Å²) in [6.45, 7) is 5.55. The van der Waals surface area contributed by atoms with Crippen LogP contribution in [0, 0.1) is 12.8 Å². The second-order valence-electron chi connectivity index (χ2n) is 6.12. The van der Waals surface area contributed by atoms with Crippen molar-refractivity contribution in [3.8, 4) is 0 Å². The maximum Gasteiger partial charge on any atom is 0.243 e. The zero-order valence-electron chi connectivity index (χ0n) is 13.2. The van der Waals surface area contributed by atoms with Crippen LogP contribution in [-0.2, 0) is 16.6 Å². The second-order valence-corrected chi connectivity index (χ2v) is 8.06. The van der Waals surface area contributed by atoms with Crippen LogP contribution >= 0.6 is 0 Å². The van der Waals surface area contributed by atoms with Crippen LogP contribution in [0.25, 0.3) is 0 Å². The molecule has 0 amide bonds. The number of sulfonamides is 1. The van der Waals surface area contributed by atoms with E-state index in [2.05, 4.69) is 11.8 Å². The third-order valence-corrected chi connectivity index (χ3v) is 6.20. The first-order valence-corrected chi connectivity index (χ1v) is 8.67. The van der Waals surface area contributed by atoms with Crippen molar-refractivity contribution in [3.63, 3.8) is 0 Å². The highest BCUT2D eigenvalue weighted by Crippen LogP contribution is 2.27. The normalized spacial score (nSPS) is 23.9. The van der Waals surface area contributed by atoms with Crippen LogP contribution in [0.15, 0.2) is 23.1 Å². The minimum atomic E-state index is -3.42. The molecule has 1 aromatic carbocycles. The summed E-state index contributed by atoms with van der Waals surface area (Å²) in [5.74, 6) is 0.333. The minimum Gasteiger partial charge on any atom is -0.326 e. The molecule has 2 unspecified atom stereocenters. The molecule has 118 valence electrons. The van der Waals surface area contributed by atoms with Crippen molar-refractivity contribution >= 4 is 10.0 Å². The standard InChI is InChI=1S/C15H25N3O2S/c1-11-7-14(6-5-13(11)8-16)21(19,20)18-9-12(2)15(10-18)17(3)4/h5-7,12,15H,8-10,16H2,1-4H3. The van der Waals surface area contributed by atoms with E-state index in [0.717, 1.165) is 11.1 Å². The van der Waals surface area contributed by atoms with Crippen LogP contribution in [-0.4, -0.2) is 50.8 Å². The van der Waals surface area contributed by atoms with Gasteiger partial charge in [0.2, 0.25) is 10.0 Å². The van der Waals surface area contributed by atoms with Crippen LogP contribution in [0.1, 0.15) is 18.1 Å². The van der Waals surface area contributed by atoms with Gasteiger partial charge in [-0.25, -0.2) is 8.42 Å². The van der Waals surface area contributed by atoms with Gasteiger partial charge in [0.05, 0.1) is 4.90 Å². The fourth-order valence-electron chi connectivity index (χ4n) is 2.98. The number of hydrogen-bond donors (Lipinski definition) is 1. The molecule has 0 aromatic heterocycles. The molecule has 2 atom stereocenters. The summed E-state index contributed by atoms with van der Waals surface area (Å²) in [4.78, 5) is 2.46. The Morgan fingerprint density at radius 1 is 1.33 bits per heavy atom. The monoisotopic (exact) mass is 311 g/mol. The van der Waals surface area contributed by atoms with Gasteiger partial charge in [-0.1, -0.05) is 13.0 Å². The smallest absolute Gasteiger partial charge is 0.243 e. The molecule has 1 saturated heterocycles. The highest BCUT2D eigenvalue weighted by Gasteiger charge is 2.38. The van der Waals surface area contributed by atoms with E-state index in [1.54, 1.807) is 16.4 Å². The van der Waals surface area contributed by atoms with Crippen molar-refractivity contribution < 1.29 is 8.42 Å². The molecule has 0 spiro atoms. The predicted octanol–water partition coefficient (Wildman–Crippen LogP) is 1.02. The summed E-state index contributed by atoms with van der Waals surface area (Å²) in [7, 11) is 0.575.